The quantitative estimate of drug-likeness (QED) is 0.749. The molecule has 0 bridgehead atoms. The molecule has 15 heavy (non-hydrogen) atoms. The molecular weight excluding hydrogens is 186 g/mol. The Morgan fingerprint density at radius 2 is 2.20 bits per heavy atom. The Kier molecular flexibility index (Phi) is 2.75. The van der Waals surface area contributed by atoms with Gasteiger partial charge in [-0.3, -0.25) is 0 Å². The smallest absolute Gasteiger partial charge is 0.0631 e. The molecule has 78 valence electrons. The van der Waals surface area contributed by atoms with Crippen molar-refractivity contribution < 1.29 is 4.74 Å². The Bertz CT molecular complexity index is 368. The van der Waals surface area contributed by atoms with E-state index in [9.17, 15) is 0 Å². The van der Waals surface area contributed by atoms with Crippen LogP contribution in [0.1, 0.15) is 18.4 Å². The molecule has 0 spiro atoms. The fraction of sp³-hybridized carbons (Fsp3) is 0.462. The SMILES string of the molecule is COCC1CC1(CC#N)c1ccccc1. The molecule has 0 saturated heterocycles. The second kappa shape index (κ2) is 4.04. The van der Waals surface area contributed by atoms with E-state index in [1.165, 1.54) is 5.56 Å². The molecule has 1 aromatic rings. The van der Waals surface area contributed by atoms with Gasteiger partial charge in [-0.2, -0.15) is 5.26 Å². The topological polar surface area (TPSA) is 33.0 Å². The maximum absolute atomic E-state index is 8.90. The number of benzene rings is 1. The number of hydrogen-bond acceptors (Lipinski definition) is 2. The molecule has 2 heteroatoms. The Morgan fingerprint density at radius 3 is 2.80 bits per heavy atom. The minimum Gasteiger partial charge on any atom is -0.384 e. The molecule has 2 rings (SSSR count). The van der Waals surface area contributed by atoms with Crippen LogP contribution in [0, 0.1) is 17.2 Å². The molecule has 1 aromatic carbocycles. The lowest BCUT2D eigenvalue weighted by Gasteiger charge is -2.13. The molecule has 0 N–H and O–H groups in total. The average Bonchev–Trinajstić information content (AvgIpc) is 2.95. The molecule has 2 unspecified atom stereocenters. The number of methoxy groups -OCH3 is 1. The minimum atomic E-state index is 0.0754. The van der Waals surface area contributed by atoms with E-state index in [4.69, 9.17) is 10.00 Å². The Balaban J connectivity index is 2.20. The first-order valence-corrected chi connectivity index (χ1v) is 5.25. The zero-order valence-corrected chi connectivity index (χ0v) is 8.94. The molecule has 1 saturated carbocycles. The monoisotopic (exact) mass is 201 g/mol. The van der Waals surface area contributed by atoms with E-state index >= 15 is 0 Å². The fourth-order valence-electron chi connectivity index (χ4n) is 2.38. The van der Waals surface area contributed by atoms with Gasteiger partial charge in [-0.1, -0.05) is 30.3 Å². The number of nitrogens with zero attached hydrogens (tertiary/aromatic N) is 1. The first-order valence-electron chi connectivity index (χ1n) is 5.25. The third-order valence-corrected chi connectivity index (χ3v) is 3.34. The molecule has 2 nitrogen and oxygen atoms in total. The summed E-state index contributed by atoms with van der Waals surface area (Å²) in [6.45, 7) is 0.760. The minimum absolute atomic E-state index is 0.0754. The van der Waals surface area contributed by atoms with Crippen molar-refractivity contribution in [3.8, 4) is 6.07 Å². The van der Waals surface area contributed by atoms with E-state index in [1.807, 2.05) is 18.2 Å². The van der Waals surface area contributed by atoms with Crippen molar-refractivity contribution in [3.63, 3.8) is 0 Å². The van der Waals surface area contributed by atoms with Crippen LogP contribution in [0.4, 0.5) is 0 Å². The zero-order valence-electron chi connectivity index (χ0n) is 8.94. The first-order chi connectivity index (χ1) is 7.33. The fourth-order valence-corrected chi connectivity index (χ4v) is 2.38. The molecule has 0 aromatic heterocycles. The van der Waals surface area contributed by atoms with Crippen molar-refractivity contribution in [1.82, 2.24) is 0 Å². The molecule has 0 aliphatic heterocycles. The van der Waals surface area contributed by atoms with Crippen molar-refractivity contribution in [2.45, 2.75) is 18.3 Å². The lowest BCUT2D eigenvalue weighted by atomic mass is 9.90. The van der Waals surface area contributed by atoms with Gasteiger partial charge in [0.05, 0.1) is 6.07 Å². The molecule has 0 heterocycles. The predicted molar refractivity (Wildman–Crippen MR) is 58.3 cm³/mol. The number of ether oxygens (including phenoxy) is 1. The van der Waals surface area contributed by atoms with Gasteiger partial charge in [-0.15, -0.1) is 0 Å². The first kappa shape index (κ1) is 10.2. The summed E-state index contributed by atoms with van der Waals surface area (Å²) in [6, 6.07) is 12.6. The van der Waals surface area contributed by atoms with Crippen LogP contribution in [0.3, 0.4) is 0 Å². The molecular formula is C13H15NO. The lowest BCUT2D eigenvalue weighted by Crippen LogP contribution is -2.11. The molecule has 0 radical (unpaired) electrons. The molecule has 1 aliphatic carbocycles. The highest BCUT2D eigenvalue weighted by molar-refractivity contribution is 5.35. The average molecular weight is 201 g/mol. The van der Waals surface area contributed by atoms with Crippen LogP contribution in [0.5, 0.6) is 0 Å². The van der Waals surface area contributed by atoms with E-state index in [-0.39, 0.29) is 5.41 Å². The highest BCUT2D eigenvalue weighted by atomic mass is 16.5. The normalized spacial score (nSPS) is 28.4. The summed E-state index contributed by atoms with van der Waals surface area (Å²) in [5, 5.41) is 8.90. The van der Waals surface area contributed by atoms with Crippen molar-refractivity contribution in [3.05, 3.63) is 35.9 Å². The van der Waals surface area contributed by atoms with Crippen molar-refractivity contribution in [1.29, 1.82) is 5.26 Å². The zero-order chi connectivity index (χ0) is 10.7. The summed E-state index contributed by atoms with van der Waals surface area (Å²) in [5.41, 5.74) is 1.36. The number of hydrogen-bond donors (Lipinski definition) is 0. The van der Waals surface area contributed by atoms with Gasteiger partial charge in [0.25, 0.3) is 0 Å². The van der Waals surface area contributed by atoms with Crippen LogP contribution in [-0.4, -0.2) is 13.7 Å². The van der Waals surface area contributed by atoms with Crippen LogP contribution in [0.25, 0.3) is 0 Å². The van der Waals surface area contributed by atoms with Crippen molar-refractivity contribution >= 4 is 0 Å². The lowest BCUT2D eigenvalue weighted by molar-refractivity contribution is 0.178. The van der Waals surface area contributed by atoms with E-state index in [0.29, 0.717) is 12.3 Å². The summed E-state index contributed by atoms with van der Waals surface area (Å²) >= 11 is 0. The van der Waals surface area contributed by atoms with Crippen molar-refractivity contribution in [2.24, 2.45) is 5.92 Å². The van der Waals surface area contributed by atoms with Gasteiger partial charge in [0.2, 0.25) is 0 Å². The van der Waals surface area contributed by atoms with Gasteiger partial charge in [0, 0.05) is 25.6 Å². The van der Waals surface area contributed by atoms with Crippen LogP contribution in [-0.2, 0) is 10.2 Å². The van der Waals surface area contributed by atoms with Gasteiger partial charge in [-0.25, -0.2) is 0 Å². The van der Waals surface area contributed by atoms with E-state index in [1.54, 1.807) is 7.11 Å². The molecule has 2 atom stereocenters. The Hall–Kier alpha value is -1.33. The van der Waals surface area contributed by atoms with Gasteiger partial charge >= 0.3 is 0 Å². The highest BCUT2D eigenvalue weighted by Crippen LogP contribution is 2.56. The third kappa shape index (κ3) is 1.75. The Morgan fingerprint density at radius 1 is 1.47 bits per heavy atom. The maximum Gasteiger partial charge on any atom is 0.0631 e. The highest BCUT2D eigenvalue weighted by Gasteiger charge is 2.54. The van der Waals surface area contributed by atoms with Gasteiger partial charge < -0.3 is 4.74 Å². The van der Waals surface area contributed by atoms with E-state index < -0.39 is 0 Å². The second-order valence-electron chi connectivity index (χ2n) is 4.21. The molecule has 0 amide bonds. The summed E-state index contributed by atoms with van der Waals surface area (Å²) < 4.78 is 5.18. The van der Waals surface area contributed by atoms with Crippen LogP contribution < -0.4 is 0 Å². The molecule has 1 aliphatic rings. The van der Waals surface area contributed by atoms with Gasteiger partial charge in [0.15, 0.2) is 0 Å². The predicted octanol–water partition coefficient (Wildman–Crippen LogP) is 2.50. The van der Waals surface area contributed by atoms with Crippen LogP contribution in [0.15, 0.2) is 30.3 Å². The van der Waals surface area contributed by atoms with Gasteiger partial charge in [-0.05, 0) is 17.9 Å². The molecule has 1 fully saturated rings. The third-order valence-electron chi connectivity index (χ3n) is 3.34. The van der Waals surface area contributed by atoms with Crippen LogP contribution >= 0.6 is 0 Å². The van der Waals surface area contributed by atoms with Crippen LogP contribution in [0.2, 0.25) is 0 Å². The van der Waals surface area contributed by atoms with Gasteiger partial charge in [0.1, 0.15) is 0 Å². The second-order valence-corrected chi connectivity index (χ2v) is 4.21. The summed E-state index contributed by atoms with van der Waals surface area (Å²) in [6.07, 6.45) is 1.68. The largest absolute Gasteiger partial charge is 0.384 e. The maximum atomic E-state index is 8.90. The summed E-state index contributed by atoms with van der Waals surface area (Å²) in [5.74, 6) is 0.518. The summed E-state index contributed by atoms with van der Waals surface area (Å²) in [7, 11) is 1.72. The number of rotatable bonds is 4. The van der Waals surface area contributed by atoms with E-state index in [0.717, 1.165) is 13.0 Å². The Labute approximate surface area is 90.5 Å². The number of nitriles is 1. The summed E-state index contributed by atoms with van der Waals surface area (Å²) in [4.78, 5) is 0. The standard InChI is InChI=1S/C13H15NO/c1-15-10-12-9-13(12,7-8-14)11-5-3-2-4-6-11/h2-6,12H,7,9-10H2,1H3. The van der Waals surface area contributed by atoms with E-state index in [2.05, 4.69) is 18.2 Å². The van der Waals surface area contributed by atoms with Crippen molar-refractivity contribution in [2.75, 3.05) is 13.7 Å².